The summed E-state index contributed by atoms with van der Waals surface area (Å²) in [6, 6.07) is 12.3. The van der Waals surface area contributed by atoms with Gasteiger partial charge < -0.3 is 4.90 Å². The van der Waals surface area contributed by atoms with Crippen LogP contribution in [0.15, 0.2) is 58.3 Å². The predicted molar refractivity (Wildman–Crippen MR) is 121 cm³/mol. The van der Waals surface area contributed by atoms with E-state index in [0.717, 1.165) is 45.9 Å². The monoisotopic (exact) mass is 451 g/mol. The van der Waals surface area contributed by atoms with Gasteiger partial charge in [-0.15, -0.1) is 0 Å². The number of rotatable bonds is 5. The topological polar surface area (TPSA) is 46.3 Å². The van der Waals surface area contributed by atoms with Crippen LogP contribution in [-0.2, 0) is 6.54 Å². The maximum absolute atomic E-state index is 5.27. The van der Waals surface area contributed by atoms with Crippen molar-refractivity contribution in [3.63, 3.8) is 0 Å². The zero-order valence-corrected chi connectivity index (χ0v) is 18.9. The van der Waals surface area contributed by atoms with Gasteiger partial charge in [-0.3, -0.25) is 14.5 Å². The van der Waals surface area contributed by atoms with Crippen molar-refractivity contribution in [1.82, 2.24) is 19.4 Å². The number of hydrogen-bond donors (Lipinski definition) is 0. The molecular formula is C23H26BrN5. The fourth-order valence-electron chi connectivity index (χ4n) is 3.80. The van der Waals surface area contributed by atoms with Gasteiger partial charge in [0.25, 0.3) is 0 Å². The lowest BCUT2D eigenvalue weighted by Crippen LogP contribution is -2.17. The summed E-state index contributed by atoms with van der Waals surface area (Å²) < 4.78 is 3.33. The molecule has 0 bridgehead atoms. The standard InChI is InChI=1S/C23H26BrN5/c1-5-15(2)21-23-26-13-17(14-28(3)4)29(23)20-10-9-16(24)12-18(20)22(27-21)19-8-6-7-11-25-19/h6-13,15,21H,5,14H2,1-4H3/t15-,21?/m0/s1. The minimum absolute atomic E-state index is 0.0286. The molecule has 0 amide bonds. The molecule has 2 aromatic heterocycles. The molecular weight excluding hydrogens is 426 g/mol. The van der Waals surface area contributed by atoms with E-state index in [0.29, 0.717) is 5.92 Å². The Labute approximate surface area is 180 Å². The van der Waals surface area contributed by atoms with Crippen molar-refractivity contribution >= 4 is 21.6 Å². The van der Waals surface area contributed by atoms with Crippen molar-refractivity contribution in [2.24, 2.45) is 10.9 Å². The Morgan fingerprint density at radius 2 is 2.00 bits per heavy atom. The minimum atomic E-state index is -0.0286. The van der Waals surface area contributed by atoms with Gasteiger partial charge in [0.05, 0.1) is 29.0 Å². The normalized spacial score (nSPS) is 16.8. The predicted octanol–water partition coefficient (Wildman–Crippen LogP) is 5.03. The van der Waals surface area contributed by atoms with Gasteiger partial charge in [0.15, 0.2) is 0 Å². The number of benzene rings is 1. The van der Waals surface area contributed by atoms with Crippen LogP contribution in [0.5, 0.6) is 0 Å². The second-order valence-corrected chi connectivity index (χ2v) is 8.78. The summed E-state index contributed by atoms with van der Waals surface area (Å²) in [4.78, 5) is 16.9. The van der Waals surface area contributed by atoms with E-state index < -0.39 is 0 Å². The van der Waals surface area contributed by atoms with Crippen LogP contribution in [0.1, 0.15) is 49.1 Å². The van der Waals surface area contributed by atoms with Crippen molar-refractivity contribution in [3.8, 4) is 5.69 Å². The van der Waals surface area contributed by atoms with Gasteiger partial charge in [-0.2, -0.15) is 0 Å². The third-order valence-electron chi connectivity index (χ3n) is 5.42. The first-order chi connectivity index (χ1) is 14.0. The Balaban J connectivity index is 2.02. The number of halogens is 1. The summed E-state index contributed by atoms with van der Waals surface area (Å²) in [5.74, 6) is 1.37. The lowest BCUT2D eigenvalue weighted by Gasteiger charge is -2.20. The number of aliphatic imine (C=N–C) groups is 1. The fraction of sp³-hybridized carbons (Fsp3) is 0.348. The van der Waals surface area contributed by atoms with E-state index in [2.05, 4.69) is 76.5 Å². The highest BCUT2D eigenvalue weighted by molar-refractivity contribution is 9.10. The maximum atomic E-state index is 5.27. The van der Waals surface area contributed by atoms with E-state index in [1.165, 1.54) is 5.69 Å². The zero-order chi connectivity index (χ0) is 20.5. The van der Waals surface area contributed by atoms with Crippen LogP contribution in [0.2, 0.25) is 0 Å². The first-order valence-electron chi connectivity index (χ1n) is 10.00. The van der Waals surface area contributed by atoms with Crippen molar-refractivity contribution in [1.29, 1.82) is 0 Å². The molecule has 150 valence electrons. The second kappa shape index (κ2) is 8.20. The lowest BCUT2D eigenvalue weighted by molar-refractivity contribution is 0.390. The number of hydrogen-bond acceptors (Lipinski definition) is 4. The molecule has 1 aromatic carbocycles. The molecule has 0 saturated carbocycles. The van der Waals surface area contributed by atoms with Crippen LogP contribution in [0.4, 0.5) is 0 Å². The first-order valence-corrected chi connectivity index (χ1v) is 10.8. The molecule has 0 N–H and O–H groups in total. The van der Waals surface area contributed by atoms with Gasteiger partial charge in [0, 0.05) is 22.8 Å². The molecule has 0 spiro atoms. The third kappa shape index (κ3) is 3.79. The first kappa shape index (κ1) is 20.0. The van der Waals surface area contributed by atoms with E-state index in [1.54, 1.807) is 0 Å². The van der Waals surface area contributed by atoms with E-state index >= 15 is 0 Å². The molecule has 0 radical (unpaired) electrons. The number of pyridine rings is 1. The Morgan fingerprint density at radius 3 is 2.69 bits per heavy atom. The third-order valence-corrected chi connectivity index (χ3v) is 5.91. The second-order valence-electron chi connectivity index (χ2n) is 7.87. The number of aromatic nitrogens is 3. The highest BCUT2D eigenvalue weighted by Crippen LogP contribution is 2.37. The summed E-state index contributed by atoms with van der Waals surface area (Å²) in [6.07, 6.45) is 4.85. The molecule has 3 heterocycles. The van der Waals surface area contributed by atoms with Crippen LogP contribution >= 0.6 is 15.9 Å². The highest BCUT2D eigenvalue weighted by atomic mass is 79.9. The Kier molecular flexibility index (Phi) is 5.65. The number of nitrogens with zero attached hydrogens (tertiary/aromatic N) is 5. The summed E-state index contributed by atoms with van der Waals surface area (Å²) in [7, 11) is 4.17. The van der Waals surface area contributed by atoms with E-state index in [1.807, 2.05) is 30.6 Å². The molecule has 0 saturated heterocycles. The van der Waals surface area contributed by atoms with Gasteiger partial charge in [0.1, 0.15) is 11.9 Å². The Morgan fingerprint density at radius 1 is 1.17 bits per heavy atom. The summed E-state index contributed by atoms with van der Waals surface area (Å²) >= 11 is 3.65. The fourth-order valence-corrected chi connectivity index (χ4v) is 4.16. The van der Waals surface area contributed by atoms with Crippen LogP contribution in [-0.4, -0.2) is 39.2 Å². The Bertz CT molecular complexity index is 1040. The summed E-state index contributed by atoms with van der Waals surface area (Å²) in [6.45, 7) is 5.28. The van der Waals surface area contributed by atoms with Gasteiger partial charge in [-0.1, -0.05) is 42.3 Å². The van der Waals surface area contributed by atoms with Gasteiger partial charge in [-0.05, 0) is 50.3 Å². The van der Waals surface area contributed by atoms with Crippen LogP contribution in [0.3, 0.4) is 0 Å². The van der Waals surface area contributed by atoms with Gasteiger partial charge in [-0.25, -0.2) is 4.98 Å². The van der Waals surface area contributed by atoms with Crippen molar-refractivity contribution in [3.05, 3.63) is 76.0 Å². The number of imidazole rings is 1. The van der Waals surface area contributed by atoms with Crippen LogP contribution in [0.25, 0.3) is 5.69 Å². The average molecular weight is 452 g/mol. The van der Waals surface area contributed by atoms with Crippen molar-refractivity contribution in [2.75, 3.05) is 14.1 Å². The minimum Gasteiger partial charge on any atom is -0.304 e. The molecule has 29 heavy (non-hydrogen) atoms. The molecule has 0 fully saturated rings. The average Bonchev–Trinajstić information content (AvgIpc) is 3.04. The van der Waals surface area contributed by atoms with Crippen LogP contribution in [0, 0.1) is 5.92 Å². The zero-order valence-electron chi connectivity index (χ0n) is 17.3. The van der Waals surface area contributed by atoms with Gasteiger partial charge in [0.2, 0.25) is 0 Å². The Hall–Kier alpha value is -2.31. The van der Waals surface area contributed by atoms with E-state index in [9.17, 15) is 0 Å². The van der Waals surface area contributed by atoms with Crippen molar-refractivity contribution < 1.29 is 0 Å². The van der Waals surface area contributed by atoms with Crippen molar-refractivity contribution in [2.45, 2.75) is 32.9 Å². The van der Waals surface area contributed by atoms with Gasteiger partial charge >= 0.3 is 0 Å². The molecule has 1 unspecified atom stereocenters. The SMILES string of the molecule is CC[C@H](C)C1N=C(c2ccccn2)c2cc(Br)ccc2-n2c(CN(C)C)cnc21. The highest BCUT2D eigenvalue weighted by Gasteiger charge is 2.31. The molecule has 6 heteroatoms. The summed E-state index contributed by atoms with van der Waals surface area (Å²) in [5, 5.41) is 0. The van der Waals surface area contributed by atoms with Crippen LogP contribution < -0.4 is 0 Å². The molecule has 4 rings (SSSR count). The molecule has 1 aliphatic rings. The molecule has 0 aliphatic carbocycles. The molecule has 3 aromatic rings. The maximum Gasteiger partial charge on any atom is 0.138 e. The van der Waals surface area contributed by atoms with E-state index in [4.69, 9.17) is 9.98 Å². The lowest BCUT2D eigenvalue weighted by atomic mass is 9.98. The van der Waals surface area contributed by atoms with E-state index in [-0.39, 0.29) is 6.04 Å². The molecule has 1 aliphatic heterocycles. The quantitative estimate of drug-likeness (QED) is 0.546. The number of fused-ring (bicyclic) bond motifs is 3. The largest absolute Gasteiger partial charge is 0.304 e. The molecule has 5 nitrogen and oxygen atoms in total. The smallest absolute Gasteiger partial charge is 0.138 e. The molecule has 2 atom stereocenters. The summed E-state index contributed by atoms with van der Waals surface area (Å²) in [5.41, 5.74) is 5.16.